The molecule has 0 spiro atoms. The van der Waals surface area contributed by atoms with Gasteiger partial charge in [0.2, 0.25) is 11.8 Å². The minimum Gasteiger partial charge on any atom is -0.497 e. The van der Waals surface area contributed by atoms with E-state index in [0.717, 1.165) is 41.1 Å². The number of hydrogen-bond donors (Lipinski definition) is 1. The zero-order valence-electron chi connectivity index (χ0n) is 19.6. The molecule has 1 atom stereocenters. The van der Waals surface area contributed by atoms with Crippen LogP contribution in [-0.2, 0) is 42.2 Å². The summed E-state index contributed by atoms with van der Waals surface area (Å²) < 4.78 is 18.4. The molecule has 1 aromatic heterocycles. The Morgan fingerprint density at radius 1 is 1.14 bits per heavy atom. The fraction of sp³-hybridized carbons (Fsp3) is 0.346. The average Bonchev–Trinajstić information content (AvgIpc) is 3.18. The van der Waals surface area contributed by atoms with Gasteiger partial charge in [-0.1, -0.05) is 42.5 Å². The van der Waals surface area contributed by atoms with Crippen LogP contribution >= 0.6 is 0 Å². The number of carbonyl (C=O) groups excluding carboxylic acids is 2. The first-order valence-corrected chi connectivity index (χ1v) is 11.7. The standard InChI is InChI=1S/C26H28N4O5/c1-33-20-10-8-18(9-11-20)15-29-16-21-22(28-30-12-5-13-34-25(21)30)14-23(24(29)31)27-26(32)35-17-19-6-3-2-4-7-19/h2-4,6-11,23H,5,12-17H2,1H3,(H,27,32). The third-order valence-corrected chi connectivity index (χ3v) is 6.23. The molecule has 9 nitrogen and oxygen atoms in total. The molecule has 5 rings (SSSR count). The quantitative estimate of drug-likeness (QED) is 0.588. The van der Waals surface area contributed by atoms with E-state index >= 15 is 0 Å². The maximum Gasteiger partial charge on any atom is 0.408 e. The summed E-state index contributed by atoms with van der Waals surface area (Å²) in [6.07, 6.45) is 0.521. The Labute approximate surface area is 203 Å². The van der Waals surface area contributed by atoms with Gasteiger partial charge in [-0.2, -0.15) is 5.10 Å². The molecular weight excluding hydrogens is 448 g/mol. The minimum absolute atomic E-state index is 0.126. The Kier molecular flexibility index (Phi) is 6.56. The Bertz CT molecular complexity index is 1190. The molecule has 0 aliphatic carbocycles. The summed E-state index contributed by atoms with van der Waals surface area (Å²) in [5.74, 6) is 1.27. The van der Waals surface area contributed by atoms with Crippen molar-refractivity contribution >= 4 is 12.0 Å². The van der Waals surface area contributed by atoms with Crippen molar-refractivity contribution in [2.45, 2.75) is 45.1 Å². The normalized spacial score (nSPS) is 17.0. The van der Waals surface area contributed by atoms with E-state index in [1.165, 1.54) is 0 Å². The van der Waals surface area contributed by atoms with E-state index < -0.39 is 12.1 Å². The number of benzene rings is 2. The highest BCUT2D eigenvalue weighted by Gasteiger charge is 2.36. The molecule has 2 amide bonds. The number of amides is 2. The summed E-state index contributed by atoms with van der Waals surface area (Å²) in [6, 6.07) is 16.2. The van der Waals surface area contributed by atoms with E-state index in [1.807, 2.05) is 59.3 Å². The summed E-state index contributed by atoms with van der Waals surface area (Å²) in [4.78, 5) is 27.9. The van der Waals surface area contributed by atoms with E-state index in [0.29, 0.717) is 25.6 Å². The fourth-order valence-electron chi connectivity index (χ4n) is 4.42. The van der Waals surface area contributed by atoms with Gasteiger partial charge in [-0.15, -0.1) is 0 Å². The molecule has 0 bridgehead atoms. The lowest BCUT2D eigenvalue weighted by Crippen LogP contribution is -2.48. The molecule has 3 aromatic rings. The Hall–Kier alpha value is -4.01. The Morgan fingerprint density at radius 3 is 2.71 bits per heavy atom. The Balaban J connectivity index is 1.37. The number of nitrogens with one attached hydrogen (secondary N) is 1. The van der Waals surface area contributed by atoms with Crippen molar-refractivity contribution < 1.29 is 23.8 Å². The molecule has 0 saturated carbocycles. The summed E-state index contributed by atoms with van der Waals surface area (Å²) in [6.45, 7) is 2.25. The van der Waals surface area contributed by atoms with Crippen LogP contribution in [0.1, 0.15) is 28.8 Å². The van der Waals surface area contributed by atoms with Crippen molar-refractivity contribution in [2.75, 3.05) is 13.7 Å². The highest BCUT2D eigenvalue weighted by atomic mass is 16.5. The van der Waals surface area contributed by atoms with Gasteiger partial charge in [0.1, 0.15) is 18.4 Å². The van der Waals surface area contributed by atoms with Gasteiger partial charge in [0.15, 0.2) is 0 Å². The second kappa shape index (κ2) is 10.1. The highest BCUT2D eigenvalue weighted by Crippen LogP contribution is 2.31. The predicted octanol–water partition coefficient (Wildman–Crippen LogP) is 3.05. The van der Waals surface area contributed by atoms with Crippen LogP contribution in [0.15, 0.2) is 54.6 Å². The molecule has 0 fully saturated rings. The molecule has 2 aromatic carbocycles. The fourth-order valence-corrected chi connectivity index (χ4v) is 4.42. The van der Waals surface area contributed by atoms with E-state index in [-0.39, 0.29) is 18.9 Å². The highest BCUT2D eigenvalue weighted by molar-refractivity contribution is 5.86. The van der Waals surface area contributed by atoms with Crippen LogP contribution in [-0.4, -0.2) is 46.4 Å². The van der Waals surface area contributed by atoms with Crippen molar-refractivity contribution in [3.8, 4) is 11.6 Å². The van der Waals surface area contributed by atoms with Gasteiger partial charge in [-0.3, -0.25) is 4.79 Å². The van der Waals surface area contributed by atoms with Crippen LogP contribution in [0.4, 0.5) is 4.79 Å². The largest absolute Gasteiger partial charge is 0.497 e. The van der Waals surface area contributed by atoms with E-state index in [9.17, 15) is 9.59 Å². The monoisotopic (exact) mass is 476 g/mol. The second-order valence-electron chi connectivity index (χ2n) is 8.66. The summed E-state index contributed by atoms with van der Waals surface area (Å²) >= 11 is 0. The molecule has 0 radical (unpaired) electrons. The number of alkyl carbamates (subject to hydrolysis) is 1. The predicted molar refractivity (Wildman–Crippen MR) is 127 cm³/mol. The molecule has 3 heterocycles. The third kappa shape index (κ3) is 5.08. The van der Waals surface area contributed by atoms with Crippen molar-refractivity contribution in [1.29, 1.82) is 0 Å². The van der Waals surface area contributed by atoms with Crippen LogP contribution in [0.2, 0.25) is 0 Å². The first-order chi connectivity index (χ1) is 17.1. The van der Waals surface area contributed by atoms with Crippen LogP contribution < -0.4 is 14.8 Å². The van der Waals surface area contributed by atoms with Crippen molar-refractivity contribution in [1.82, 2.24) is 20.0 Å². The van der Waals surface area contributed by atoms with Gasteiger partial charge in [-0.25, -0.2) is 9.48 Å². The zero-order chi connectivity index (χ0) is 24.2. The number of carbonyl (C=O) groups is 2. The molecule has 2 aliphatic heterocycles. The molecule has 2 aliphatic rings. The van der Waals surface area contributed by atoms with Crippen LogP contribution in [0.5, 0.6) is 11.6 Å². The van der Waals surface area contributed by atoms with Gasteiger partial charge < -0.3 is 24.4 Å². The molecule has 1 N–H and O–H groups in total. The number of rotatable bonds is 6. The van der Waals surface area contributed by atoms with Crippen LogP contribution in [0.3, 0.4) is 0 Å². The molecule has 35 heavy (non-hydrogen) atoms. The SMILES string of the molecule is COc1ccc(CN2Cc3c(nn4c3OCCC4)CC(NC(=O)OCc3ccccc3)C2=O)cc1. The van der Waals surface area contributed by atoms with Gasteiger partial charge in [-0.05, 0) is 23.3 Å². The van der Waals surface area contributed by atoms with E-state index in [2.05, 4.69) is 5.32 Å². The number of hydrogen-bond acceptors (Lipinski definition) is 6. The minimum atomic E-state index is -0.797. The first kappa shape index (κ1) is 22.8. The second-order valence-corrected chi connectivity index (χ2v) is 8.66. The first-order valence-electron chi connectivity index (χ1n) is 11.7. The lowest BCUT2D eigenvalue weighted by molar-refractivity contribution is -0.134. The summed E-state index contributed by atoms with van der Waals surface area (Å²) in [5, 5.41) is 7.48. The van der Waals surface area contributed by atoms with E-state index in [4.69, 9.17) is 19.3 Å². The number of methoxy groups -OCH3 is 1. The number of aromatic nitrogens is 2. The maximum atomic E-state index is 13.6. The Morgan fingerprint density at radius 2 is 1.94 bits per heavy atom. The van der Waals surface area contributed by atoms with Crippen molar-refractivity contribution in [3.63, 3.8) is 0 Å². The molecular formula is C26H28N4O5. The molecule has 9 heteroatoms. The average molecular weight is 477 g/mol. The molecule has 182 valence electrons. The number of nitrogens with zero attached hydrogens (tertiary/aromatic N) is 3. The van der Waals surface area contributed by atoms with Crippen LogP contribution in [0.25, 0.3) is 0 Å². The van der Waals surface area contributed by atoms with Gasteiger partial charge >= 0.3 is 6.09 Å². The number of aryl methyl sites for hydroxylation is 1. The van der Waals surface area contributed by atoms with Gasteiger partial charge in [0.25, 0.3) is 0 Å². The van der Waals surface area contributed by atoms with Crippen molar-refractivity contribution in [3.05, 3.63) is 77.0 Å². The van der Waals surface area contributed by atoms with Gasteiger partial charge in [0, 0.05) is 25.9 Å². The smallest absolute Gasteiger partial charge is 0.408 e. The zero-order valence-corrected chi connectivity index (χ0v) is 19.6. The molecule has 0 saturated heterocycles. The number of fused-ring (bicyclic) bond motifs is 3. The maximum absolute atomic E-state index is 13.6. The van der Waals surface area contributed by atoms with Gasteiger partial charge in [0.05, 0.1) is 31.5 Å². The lowest BCUT2D eigenvalue weighted by Gasteiger charge is -2.26. The molecule has 1 unspecified atom stereocenters. The van der Waals surface area contributed by atoms with Crippen molar-refractivity contribution in [2.24, 2.45) is 0 Å². The summed E-state index contributed by atoms with van der Waals surface area (Å²) in [7, 11) is 1.62. The third-order valence-electron chi connectivity index (χ3n) is 6.23. The summed E-state index contributed by atoms with van der Waals surface area (Å²) in [5.41, 5.74) is 3.49. The number of ether oxygens (including phenoxy) is 3. The van der Waals surface area contributed by atoms with Crippen LogP contribution in [0, 0.1) is 0 Å². The lowest BCUT2D eigenvalue weighted by atomic mass is 10.1. The van der Waals surface area contributed by atoms with E-state index in [1.54, 1.807) is 12.0 Å². The topological polar surface area (TPSA) is 94.9 Å².